The number of nitrogens with one attached hydrogen (secondary N) is 2. The van der Waals surface area contributed by atoms with Crippen molar-refractivity contribution in [1.82, 2.24) is 15.5 Å². The number of carbonyl (C=O) groups excluding carboxylic acids is 3. The highest BCUT2D eigenvalue weighted by Crippen LogP contribution is 2.31. The van der Waals surface area contributed by atoms with E-state index in [9.17, 15) is 14.4 Å². The number of hydrogen-bond donors (Lipinski definition) is 2. The summed E-state index contributed by atoms with van der Waals surface area (Å²) in [5.74, 6) is -1.13. The number of halogens is 1. The third-order valence-electron chi connectivity index (χ3n) is 4.40. The maximum Gasteiger partial charge on any atom is 0.328 e. The topological polar surface area (TPSA) is 87.7 Å². The summed E-state index contributed by atoms with van der Waals surface area (Å²) in [5, 5.41) is 4.47. The van der Waals surface area contributed by atoms with Crippen LogP contribution in [0, 0.1) is 0 Å². The molecule has 0 atom stereocenters. The number of imide groups is 2. The Balaban J connectivity index is 0.00000208. The minimum Gasteiger partial charge on any atom is -0.379 e. The van der Waals surface area contributed by atoms with Crippen molar-refractivity contribution < 1.29 is 19.1 Å². The van der Waals surface area contributed by atoms with E-state index in [0.717, 1.165) is 13.1 Å². The van der Waals surface area contributed by atoms with E-state index in [4.69, 9.17) is 4.74 Å². The summed E-state index contributed by atoms with van der Waals surface area (Å²) in [6.07, 6.45) is 0.308. The fraction of sp³-hybridized carbons (Fsp3) is 0.438. The molecule has 2 saturated heterocycles. The summed E-state index contributed by atoms with van der Waals surface area (Å²) in [6, 6.07) is 8.11. The molecule has 0 saturated carbocycles. The largest absolute Gasteiger partial charge is 0.379 e. The van der Waals surface area contributed by atoms with Gasteiger partial charge in [0.1, 0.15) is 0 Å². The zero-order valence-electron chi connectivity index (χ0n) is 13.1. The van der Waals surface area contributed by atoms with Crippen LogP contribution in [0.4, 0.5) is 4.79 Å². The third-order valence-corrected chi connectivity index (χ3v) is 4.40. The van der Waals surface area contributed by atoms with Gasteiger partial charge in [-0.15, -0.1) is 12.4 Å². The van der Waals surface area contributed by atoms with Crippen LogP contribution in [0.5, 0.6) is 0 Å². The lowest BCUT2D eigenvalue weighted by Crippen LogP contribution is -2.65. The monoisotopic (exact) mass is 353 g/mol. The van der Waals surface area contributed by atoms with Crippen LogP contribution in [0.1, 0.15) is 12.0 Å². The third kappa shape index (κ3) is 3.43. The summed E-state index contributed by atoms with van der Waals surface area (Å²) >= 11 is 0. The first-order valence-corrected chi connectivity index (χ1v) is 7.65. The van der Waals surface area contributed by atoms with Gasteiger partial charge in [0, 0.05) is 19.6 Å². The van der Waals surface area contributed by atoms with Crippen LogP contribution < -0.4 is 10.6 Å². The molecule has 0 radical (unpaired) electrons. The SMILES string of the molecule is Cl.O=C1NC(=O)C(CCN2CCOCC2)(c2ccccc2)C(=O)N1. The van der Waals surface area contributed by atoms with Gasteiger partial charge in [-0.3, -0.25) is 25.1 Å². The minimum atomic E-state index is -1.38. The second kappa shape index (κ2) is 7.74. The number of morpholine rings is 1. The fourth-order valence-corrected chi connectivity index (χ4v) is 3.06. The van der Waals surface area contributed by atoms with E-state index in [1.165, 1.54) is 0 Å². The quantitative estimate of drug-likeness (QED) is 0.767. The van der Waals surface area contributed by atoms with E-state index in [0.29, 0.717) is 31.7 Å². The molecule has 2 aliphatic heterocycles. The summed E-state index contributed by atoms with van der Waals surface area (Å²) < 4.78 is 5.31. The highest BCUT2D eigenvalue weighted by Gasteiger charge is 2.51. The average Bonchev–Trinajstić information content (AvgIpc) is 2.56. The maximum atomic E-state index is 12.6. The van der Waals surface area contributed by atoms with Gasteiger partial charge in [0.2, 0.25) is 11.8 Å². The molecule has 0 bridgehead atoms. The molecule has 0 aliphatic carbocycles. The van der Waals surface area contributed by atoms with Crippen LogP contribution >= 0.6 is 12.4 Å². The van der Waals surface area contributed by atoms with Gasteiger partial charge in [0.15, 0.2) is 5.41 Å². The van der Waals surface area contributed by atoms with Gasteiger partial charge in [-0.2, -0.15) is 0 Å². The number of nitrogens with zero attached hydrogens (tertiary/aromatic N) is 1. The Bertz CT molecular complexity index is 597. The van der Waals surface area contributed by atoms with Gasteiger partial charge >= 0.3 is 6.03 Å². The van der Waals surface area contributed by atoms with Crippen molar-refractivity contribution in [3.8, 4) is 0 Å². The first-order valence-electron chi connectivity index (χ1n) is 7.65. The molecule has 1 aromatic carbocycles. The number of carbonyl (C=O) groups is 3. The second-order valence-corrected chi connectivity index (χ2v) is 5.71. The molecular weight excluding hydrogens is 334 g/mol. The smallest absolute Gasteiger partial charge is 0.328 e. The first-order chi connectivity index (χ1) is 11.1. The van der Waals surface area contributed by atoms with Crippen LogP contribution in [0.15, 0.2) is 30.3 Å². The molecule has 8 heteroatoms. The second-order valence-electron chi connectivity index (χ2n) is 5.71. The predicted molar refractivity (Wildman–Crippen MR) is 88.9 cm³/mol. The van der Waals surface area contributed by atoms with Crippen LogP contribution in [0.25, 0.3) is 0 Å². The van der Waals surface area contributed by atoms with Gasteiger partial charge in [-0.1, -0.05) is 30.3 Å². The first kappa shape index (κ1) is 18.4. The average molecular weight is 354 g/mol. The van der Waals surface area contributed by atoms with Crippen molar-refractivity contribution in [2.45, 2.75) is 11.8 Å². The van der Waals surface area contributed by atoms with Crippen LogP contribution in [-0.4, -0.2) is 55.6 Å². The standard InChI is InChI=1S/C16H19N3O4.ClH/c20-13-16(12-4-2-1-3-5-12,14(21)18-15(22)17-13)6-7-19-8-10-23-11-9-19;/h1-5H,6-11H2,(H2,17,18,20,21,22);1H. The van der Waals surface area contributed by atoms with Crippen molar-refractivity contribution in [2.75, 3.05) is 32.8 Å². The number of ether oxygens (including phenoxy) is 1. The van der Waals surface area contributed by atoms with Crippen LogP contribution in [0.3, 0.4) is 0 Å². The van der Waals surface area contributed by atoms with Crippen molar-refractivity contribution in [3.63, 3.8) is 0 Å². The molecule has 4 amide bonds. The summed E-state index contributed by atoms with van der Waals surface area (Å²) in [7, 11) is 0. The molecule has 24 heavy (non-hydrogen) atoms. The fourth-order valence-electron chi connectivity index (χ4n) is 3.06. The molecule has 2 N–H and O–H groups in total. The van der Waals surface area contributed by atoms with Crippen molar-refractivity contribution in [1.29, 1.82) is 0 Å². The van der Waals surface area contributed by atoms with Gasteiger partial charge in [0.25, 0.3) is 0 Å². The van der Waals surface area contributed by atoms with Crippen molar-refractivity contribution in [2.24, 2.45) is 0 Å². The number of amides is 4. The van der Waals surface area contributed by atoms with E-state index in [-0.39, 0.29) is 12.4 Å². The predicted octanol–water partition coefficient (Wildman–Crippen LogP) is 0.434. The van der Waals surface area contributed by atoms with E-state index in [2.05, 4.69) is 15.5 Å². The highest BCUT2D eigenvalue weighted by atomic mass is 35.5. The molecule has 130 valence electrons. The molecule has 2 fully saturated rings. The van der Waals surface area contributed by atoms with E-state index >= 15 is 0 Å². The Morgan fingerprint density at radius 2 is 1.58 bits per heavy atom. The zero-order valence-corrected chi connectivity index (χ0v) is 13.9. The molecule has 0 unspecified atom stereocenters. The molecule has 7 nitrogen and oxygen atoms in total. The summed E-state index contributed by atoms with van der Waals surface area (Å²) in [6.45, 7) is 3.41. The van der Waals surface area contributed by atoms with Gasteiger partial charge < -0.3 is 4.74 Å². The molecule has 1 aromatic rings. The summed E-state index contributed by atoms with van der Waals surface area (Å²) in [5.41, 5.74) is -0.788. The molecule has 2 aliphatic rings. The van der Waals surface area contributed by atoms with E-state index in [1.54, 1.807) is 24.3 Å². The maximum absolute atomic E-state index is 12.6. The number of barbiturate groups is 1. The highest BCUT2D eigenvalue weighted by molar-refractivity contribution is 6.22. The van der Waals surface area contributed by atoms with Crippen molar-refractivity contribution >= 4 is 30.3 Å². The Hall–Kier alpha value is -1.96. The Morgan fingerprint density at radius 1 is 1.00 bits per heavy atom. The molecule has 3 rings (SSSR count). The van der Waals surface area contributed by atoms with Crippen LogP contribution in [0.2, 0.25) is 0 Å². The molecule has 0 spiro atoms. The summed E-state index contributed by atoms with van der Waals surface area (Å²) in [4.78, 5) is 38.7. The van der Waals surface area contributed by atoms with Crippen LogP contribution in [-0.2, 0) is 19.7 Å². The molecule has 2 heterocycles. The number of rotatable bonds is 4. The number of benzene rings is 1. The van der Waals surface area contributed by atoms with E-state index < -0.39 is 23.3 Å². The zero-order chi connectivity index (χ0) is 16.3. The Labute approximate surface area is 146 Å². The number of urea groups is 1. The lowest BCUT2D eigenvalue weighted by molar-refractivity contribution is -0.139. The molecular formula is C16H20ClN3O4. The van der Waals surface area contributed by atoms with E-state index in [1.807, 2.05) is 6.07 Å². The van der Waals surface area contributed by atoms with Crippen molar-refractivity contribution in [3.05, 3.63) is 35.9 Å². The number of hydrogen-bond acceptors (Lipinski definition) is 5. The lowest BCUT2D eigenvalue weighted by atomic mass is 9.74. The minimum absolute atomic E-state index is 0. The Kier molecular flexibility index (Phi) is 5.93. The Morgan fingerprint density at radius 3 is 2.17 bits per heavy atom. The lowest BCUT2D eigenvalue weighted by Gasteiger charge is -2.36. The normalized spacial score (nSPS) is 20.8. The van der Waals surface area contributed by atoms with Gasteiger partial charge in [-0.25, -0.2) is 4.79 Å². The van der Waals surface area contributed by atoms with Gasteiger partial charge in [-0.05, 0) is 12.0 Å². The van der Waals surface area contributed by atoms with Gasteiger partial charge in [0.05, 0.1) is 13.2 Å². The molecule has 0 aromatic heterocycles.